The zero-order valence-electron chi connectivity index (χ0n) is 6.40. The fourth-order valence-corrected chi connectivity index (χ4v) is 0.730. The molecule has 0 fully saturated rings. The maximum absolute atomic E-state index is 10.8. The van der Waals surface area contributed by atoms with Gasteiger partial charge in [0.2, 0.25) is 0 Å². The second-order valence-electron chi connectivity index (χ2n) is 2.16. The molecule has 1 rings (SSSR count). The van der Waals surface area contributed by atoms with E-state index in [0.29, 0.717) is 12.0 Å². The van der Waals surface area contributed by atoms with E-state index in [2.05, 4.69) is 0 Å². The van der Waals surface area contributed by atoms with Crippen LogP contribution in [0.25, 0.3) is 0 Å². The third-order valence-electron chi connectivity index (χ3n) is 1.22. The summed E-state index contributed by atoms with van der Waals surface area (Å²) in [6, 6.07) is 8.63. The van der Waals surface area contributed by atoms with Gasteiger partial charge in [0.05, 0.1) is 0 Å². The Hall–Kier alpha value is -0.640. The molecule has 0 heterocycles. The Morgan fingerprint density at radius 1 is 1.31 bits per heavy atom. The number of ether oxygens (including phenoxy) is 1. The molecular formula is C9H9NaO3. The van der Waals surface area contributed by atoms with Crippen molar-refractivity contribution in [2.75, 3.05) is 0 Å². The van der Waals surface area contributed by atoms with Gasteiger partial charge < -0.3 is 9.53 Å². The standard InChI is InChI=1S/C9H8O3.Na.H/c10-7-6-9(11)12-8-4-2-1-3-5-8;;/h1-5,7H,6H2;;. The van der Waals surface area contributed by atoms with Gasteiger partial charge in [-0.15, -0.1) is 0 Å². The number of benzene rings is 1. The van der Waals surface area contributed by atoms with Crippen molar-refractivity contribution in [2.45, 2.75) is 6.42 Å². The van der Waals surface area contributed by atoms with Gasteiger partial charge >= 0.3 is 35.5 Å². The average Bonchev–Trinajstić information content (AvgIpc) is 2.06. The van der Waals surface area contributed by atoms with Crippen molar-refractivity contribution in [3.8, 4) is 5.75 Å². The second kappa shape index (κ2) is 6.83. The molecule has 0 aliphatic carbocycles. The molecule has 0 aromatic heterocycles. The van der Waals surface area contributed by atoms with E-state index in [4.69, 9.17) is 4.74 Å². The molecule has 0 saturated heterocycles. The number of carbonyl (C=O) groups excluding carboxylic acids is 2. The first-order valence-corrected chi connectivity index (χ1v) is 3.52. The van der Waals surface area contributed by atoms with E-state index < -0.39 is 5.97 Å². The molecule has 0 spiro atoms. The van der Waals surface area contributed by atoms with Crippen LogP contribution < -0.4 is 4.74 Å². The summed E-state index contributed by atoms with van der Waals surface area (Å²) < 4.78 is 4.78. The number of esters is 1. The van der Waals surface area contributed by atoms with Crippen LogP contribution >= 0.6 is 0 Å². The van der Waals surface area contributed by atoms with Gasteiger partial charge in [-0.05, 0) is 12.1 Å². The van der Waals surface area contributed by atoms with Crippen LogP contribution in [0, 0.1) is 0 Å². The normalized spacial score (nSPS) is 8.31. The first-order valence-electron chi connectivity index (χ1n) is 3.52. The molecule has 1 aromatic carbocycles. The summed E-state index contributed by atoms with van der Waals surface area (Å²) in [4.78, 5) is 20.7. The average molecular weight is 188 g/mol. The first kappa shape index (κ1) is 12.4. The van der Waals surface area contributed by atoms with Crippen LogP contribution in [0.1, 0.15) is 6.42 Å². The molecule has 0 radical (unpaired) electrons. The molecular weight excluding hydrogens is 179 g/mol. The molecule has 0 saturated carbocycles. The molecule has 13 heavy (non-hydrogen) atoms. The number of rotatable bonds is 3. The van der Waals surface area contributed by atoms with Crippen molar-refractivity contribution in [1.29, 1.82) is 0 Å². The van der Waals surface area contributed by atoms with Crippen molar-refractivity contribution < 1.29 is 14.3 Å². The van der Waals surface area contributed by atoms with Crippen LogP contribution in [-0.2, 0) is 9.59 Å². The molecule has 0 atom stereocenters. The van der Waals surface area contributed by atoms with Gasteiger partial charge in [0.25, 0.3) is 0 Å². The molecule has 0 aliphatic heterocycles. The number of aldehydes is 1. The Morgan fingerprint density at radius 3 is 2.46 bits per heavy atom. The first-order chi connectivity index (χ1) is 5.83. The summed E-state index contributed by atoms with van der Waals surface area (Å²) >= 11 is 0. The van der Waals surface area contributed by atoms with Crippen molar-refractivity contribution >= 4 is 41.8 Å². The SMILES string of the molecule is O=CCC(=O)Oc1ccccc1.[NaH]. The van der Waals surface area contributed by atoms with Gasteiger partial charge in [0, 0.05) is 0 Å². The fraction of sp³-hybridized carbons (Fsp3) is 0.111. The number of para-hydroxylation sites is 1. The van der Waals surface area contributed by atoms with Crippen molar-refractivity contribution in [3.63, 3.8) is 0 Å². The monoisotopic (exact) mass is 188 g/mol. The number of carbonyl (C=O) groups is 2. The summed E-state index contributed by atoms with van der Waals surface area (Å²) in [5.74, 6) is -0.0689. The minimum absolute atomic E-state index is 0. The Morgan fingerprint density at radius 2 is 1.92 bits per heavy atom. The quantitative estimate of drug-likeness (QED) is 0.228. The Bertz CT molecular complexity index is 271. The predicted octanol–water partition coefficient (Wildman–Crippen LogP) is 0.532. The number of hydrogen-bond acceptors (Lipinski definition) is 3. The van der Waals surface area contributed by atoms with Gasteiger partial charge in [0.15, 0.2) is 0 Å². The van der Waals surface area contributed by atoms with Crippen LogP contribution in [0.5, 0.6) is 5.75 Å². The van der Waals surface area contributed by atoms with Gasteiger partial charge in [-0.3, -0.25) is 4.79 Å². The molecule has 3 nitrogen and oxygen atoms in total. The van der Waals surface area contributed by atoms with E-state index in [1.165, 1.54) is 0 Å². The molecule has 0 amide bonds. The molecule has 0 bridgehead atoms. The van der Waals surface area contributed by atoms with Crippen LogP contribution in [-0.4, -0.2) is 41.8 Å². The van der Waals surface area contributed by atoms with E-state index in [1.807, 2.05) is 6.07 Å². The van der Waals surface area contributed by atoms with Crippen molar-refractivity contribution in [2.24, 2.45) is 0 Å². The topological polar surface area (TPSA) is 43.4 Å². The van der Waals surface area contributed by atoms with E-state index in [-0.39, 0.29) is 36.0 Å². The van der Waals surface area contributed by atoms with Crippen molar-refractivity contribution in [3.05, 3.63) is 30.3 Å². The zero-order chi connectivity index (χ0) is 8.81. The summed E-state index contributed by atoms with van der Waals surface area (Å²) in [5.41, 5.74) is 0. The Balaban J connectivity index is 0.00000144. The van der Waals surface area contributed by atoms with E-state index >= 15 is 0 Å². The second-order valence-corrected chi connectivity index (χ2v) is 2.16. The van der Waals surface area contributed by atoms with Gasteiger partial charge in [0.1, 0.15) is 18.5 Å². The van der Waals surface area contributed by atoms with Crippen LogP contribution in [0.3, 0.4) is 0 Å². The third kappa shape index (κ3) is 4.83. The molecule has 64 valence electrons. The molecule has 1 aromatic rings. The van der Waals surface area contributed by atoms with Crippen molar-refractivity contribution in [1.82, 2.24) is 0 Å². The summed E-state index contributed by atoms with van der Waals surface area (Å²) in [6.07, 6.45) is 0.320. The Kier molecular flexibility index (Phi) is 6.49. The summed E-state index contributed by atoms with van der Waals surface area (Å²) in [5, 5.41) is 0. The van der Waals surface area contributed by atoms with E-state index in [9.17, 15) is 9.59 Å². The van der Waals surface area contributed by atoms with Gasteiger partial charge in [-0.1, -0.05) is 18.2 Å². The molecule has 0 aliphatic rings. The Labute approximate surface area is 98.4 Å². The van der Waals surface area contributed by atoms with Crippen LogP contribution in [0.4, 0.5) is 0 Å². The zero-order valence-corrected chi connectivity index (χ0v) is 6.40. The molecule has 0 N–H and O–H groups in total. The van der Waals surface area contributed by atoms with E-state index in [1.54, 1.807) is 24.3 Å². The third-order valence-corrected chi connectivity index (χ3v) is 1.22. The fourth-order valence-electron chi connectivity index (χ4n) is 0.730. The predicted molar refractivity (Wildman–Crippen MR) is 49.9 cm³/mol. The van der Waals surface area contributed by atoms with Crippen LogP contribution in [0.15, 0.2) is 30.3 Å². The van der Waals surface area contributed by atoms with Gasteiger partial charge in [-0.25, -0.2) is 0 Å². The maximum atomic E-state index is 10.8. The minimum atomic E-state index is -0.531. The van der Waals surface area contributed by atoms with Crippen LogP contribution in [0.2, 0.25) is 0 Å². The summed E-state index contributed by atoms with van der Waals surface area (Å²) in [7, 11) is 0. The van der Waals surface area contributed by atoms with Gasteiger partial charge in [-0.2, -0.15) is 0 Å². The van der Waals surface area contributed by atoms with E-state index in [0.717, 1.165) is 0 Å². The molecule has 0 unspecified atom stereocenters. The number of hydrogen-bond donors (Lipinski definition) is 0. The summed E-state index contributed by atoms with van der Waals surface area (Å²) in [6.45, 7) is 0. The molecule has 4 heteroatoms.